The lowest BCUT2D eigenvalue weighted by molar-refractivity contribution is 0.597. The minimum atomic E-state index is -3.33. The van der Waals surface area contributed by atoms with E-state index >= 15 is 0 Å². The highest BCUT2D eigenvalue weighted by Gasteiger charge is 2.10. The molecule has 2 N–H and O–H groups in total. The molecule has 0 saturated heterocycles. The molecule has 0 spiro atoms. The Hall–Kier alpha value is -1.66. The van der Waals surface area contributed by atoms with E-state index in [2.05, 4.69) is 15.0 Å². The fraction of sp³-hybridized carbons (Fsp3) is 0.308. The standard InChI is InChI=1S/C13H17N3O2S/c1-2-14-7-8-19(17,18)16-12-9-11-5-3-4-6-13(11)15-10-12/h3-6,9-10,14,16H,2,7-8H2,1H3. The number of benzene rings is 1. The van der Waals surface area contributed by atoms with Crippen LogP contribution in [0, 0.1) is 0 Å². The lowest BCUT2D eigenvalue weighted by Gasteiger charge is -2.08. The third-order valence-electron chi connectivity index (χ3n) is 2.66. The number of para-hydroxylation sites is 1. The number of pyridine rings is 1. The number of anilines is 1. The van der Waals surface area contributed by atoms with Gasteiger partial charge in [-0.05, 0) is 18.7 Å². The largest absolute Gasteiger partial charge is 0.316 e. The van der Waals surface area contributed by atoms with E-state index in [1.807, 2.05) is 31.2 Å². The molecule has 0 atom stereocenters. The molecular weight excluding hydrogens is 262 g/mol. The Balaban J connectivity index is 2.12. The first-order chi connectivity index (χ1) is 9.11. The van der Waals surface area contributed by atoms with Crippen LogP contribution in [0.1, 0.15) is 6.92 Å². The summed E-state index contributed by atoms with van der Waals surface area (Å²) < 4.78 is 26.2. The summed E-state index contributed by atoms with van der Waals surface area (Å²) in [5, 5.41) is 3.90. The zero-order valence-corrected chi connectivity index (χ0v) is 11.6. The molecule has 0 aliphatic carbocycles. The van der Waals surface area contributed by atoms with Gasteiger partial charge in [-0.2, -0.15) is 0 Å². The molecule has 0 bridgehead atoms. The fourth-order valence-corrected chi connectivity index (χ4v) is 2.73. The quantitative estimate of drug-likeness (QED) is 0.788. The van der Waals surface area contributed by atoms with E-state index in [1.165, 1.54) is 6.20 Å². The molecule has 6 heteroatoms. The Kier molecular flexibility index (Phi) is 4.34. The van der Waals surface area contributed by atoms with E-state index in [-0.39, 0.29) is 5.75 Å². The highest BCUT2D eigenvalue weighted by molar-refractivity contribution is 7.92. The van der Waals surface area contributed by atoms with Crippen LogP contribution >= 0.6 is 0 Å². The van der Waals surface area contributed by atoms with E-state index in [4.69, 9.17) is 0 Å². The Labute approximate surface area is 113 Å². The van der Waals surface area contributed by atoms with Crippen molar-refractivity contribution in [2.24, 2.45) is 0 Å². The van der Waals surface area contributed by atoms with Crippen LogP contribution in [0.25, 0.3) is 10.9 Å². The van der Waals surface area contributed by atoms with Crippen LogP contribution in [0.15, 0.2) is 36.5 Å². The second-order valence-corrected chi connectivity index (χ2v) is 6.03. The molecule has 0 aliphatic rings. The van der Waals surface area contributed by atoms with Gasteiger partial charge in [-0.15, -0.1) is 0 Å². The molecule has 2 aromatic rings. The first-order valence-corrected chi connectivity index (χ1v) is 7.82. The minimum absolute atomic E-state index is 0.0493. The summed E-state index contributed by atoms with van der Waals surface area (Å²) in [6, 6.07) is 9.37. The number of nitrogens with zero attached hydrogens (tertiary/aromatic N) is 1. The predicted molar refractivity (Wildman–Crippen MR) is 77.7 cm³/mol. The zero-order chi connectivity index (χ0) is 13.7. The maximum absolute atomic E-state index is 11.8. The van der Waals surface area contributed by atoms with Gasteiger partial charge in [0.1, 0.15) is 0 Å². The number of rotatable bonds is 6. The van der Waals surface area contributed by atoms with Gasteiger partial charge in [0.15, 0.2) is 0 Å². The smallest absolute Gasteiger partial charge is 0.234 e. The normalized spacial score (nSPS) is 11.6. The fourth-order valence-electron chi connectivity index (χ4n) is 1.74. The molecule has 0 unspecified atom stereocenters. The van der Waals surface area contributed by atoms with Crippen LogP contribution in [0.3, 0.4) is 0 Å². The molecule has 0 fully saturated rings. The van der Waals surface area contributed by atoms with E-state index in [9.17, 15) is 8.42 Å². The topological polar surface area (TPSA) is 71.1 Å². The maximum atomic E-state index is 11.8. The van der Waals surface area contributed by atoms with E-state index in [1.54, 1.807) is 6.07 Å². The number of fused-ring (bicyclic) bond motifs is 1. The molecular formula is C13H17N3O2S. The Bertz CT molecular complexity index is 656. The number of aromatic nitrogens is 1. The van der Waals surface area contributed by atoms with Gasteiger partial charge >= 0.3 is 0 Å². The van der Waals surface area contributed by atoms with Crippen LogP contribution in [0.4, 0.5) is 5.69 Å². The highest BCUT2D eigenvalue weighted by Crippen LogP contribution is 2.16. The highest BCUT2D eigenvalue weighted by atomic mass is 32.2. The number of hydrogen-bond acceptors (Lipinski definition) is 4. The van der Waals surface area contributed by atoms with Crippen molar-refractivity contribution in [2.75, 3.05) is 23.6 Å². The summed E-state index contributed by atoms with van der Waals surface area (Å²) in [5.74, 6) is 0.0493. The predicted octanol–water partition coefficient (Wildman–Crippen LogP) is 1.59. The van der Waals surface area contributed by atoms with Crippen molar-refractivity contribution in [1.82, 2.24) is 10.3 Å². The summed E-state index contributed by atoms with van der Waals surface area (Å²) in [4.78, 5) is 4.22. The monoisotopic (exact) mass is 279 g/mol. The second kappa shape index (κ2) is 5.99. The molecule has 2 rings (SSSR count). The lowest BCUT2D eigenvalue weighted by Crippen LogP contribution is -2.26. The van der Waals surface area contributed by atoms with Crippen molar-refractivity contribution in [3.05, 3.63) is 36.5 Å². The van der Waals surface area contributed by atoms with Gasteiger partial charge in [-0.1, -0.05) is 25.1 Å². The van der Waals surface area contributed by atoms with Crippen LogP contribution < -0.4 is 10.0 Å². The SMILES string of the molecule is CCNCCS(=O)(=O)Nc1cnc2ccccc2c1. The molecule has 1 aromatic heterocycles. The molecule has 0 saturated carbocycles. The average molecular weight is 279 g/mol. The third kappa shape index (κ3) is 3.90. The number of sulfonamides is 1. The third-order valence-corrected chi connectivity index (χ3v) is 3.95. The van der Waals surface area contributed by atoms with Gasteiger partial charge in [0, 0.05) is 11.9 Å². The van der Waals surface area contributed by atoms with Crippen molar-refractivity contribution < 1.29 is 8.42 Å². The molecule has 19 heavy (non-hydrogen) atoms. The summed E-state index contributed by atoms with van der Waals surface area (Å²) >= 11 is 0. The first-order valence-electron chi connectivity index (χ1n) is 6.17. The molecule has 0 amide bonds. The van der Waals surface area contributed by atoms with E-state index in [0.29, 0.717) is 12.2 Å². The van der Waals surface area contributed by atoms with Crippen molar-refractivity contribution in [2.45, 2.75) is 6.92 Å². The summed E-state index contributed by atoms with van der Waals surface area (Å²) in [5.41, 5.74) is 1.34. The van der Waals surface area contributed by atoms with Gasteiger partial charge in [-0.25, -0.2) is 8.42 Å². The molecule has 0 aliphatic heterocycles. The first kappa shape index (κ1) is 13.8. The maximum Gasteiger partial charge on any atom is 0.234 e. The van der Waals surface area contributed by atoms with Gasteiger partial charge in [0.2, 0.25) is 10.0 Å². The number of nitrogens with one attached hydrogen (secondary N) is 2. The Morgan fingerprint density at radius 2 is 2.05 bits per heavy atom. The van der Waals surface area contributed by atoms with Crippen molar-refractivity contribution in [1.29, 1.82) is 0 Å². The summed E-state index contributed by atoms with van der Waals surface area (Å²) in [6.07, 6.45) is 1.53. The molecule has 102 valence electrons. The van der Waals surface area contributed by atoms with Gasteiger partial charge in [0.05, 0.1) is 23.2 Å². The lowest BCUT2D eigenvalue weighted by atomic mass is 10.2. The Morgan fingerprint density at radius 3 is 2.84 bits per heavy atom. The molecule has 1 heterocycles. The van der Waals surface area contributed by atoms with Crippen LogP contribution in [0.5, 0.6) is 0 Å². The van der Waals surface area contributed by atoms with Gasteiger partial charge in [-0.3, -0.25) is 9.71 Å². The van der Waals surface area contributed by atoms with Crippen LogP contribution in [-0.2, 0) is 10.0 Å². The van der Waals surface area contributed by atoms with Crippen molar-refractivity contribution in [3.63, 3.8) is 0 Å². The Morgan fingerprint density at radius 1 is 1.26 bits per heavy atom. The van der Waals surface area contributed by atoms with Gasteiger partial charge in [0.25, 0.3) is 0 Å². The molecule has 5 nitrogen and oxygen atoms in total. The summed E-state index contributed by atoms with van der Waals surface area (Å²) in [7, 11) is -3.33. The van der Waals surface area contributed by atoms with Crippen LogP contribution in [0.2, 0.25) is 0 Å². The average Bonchev–Trinajstić information content (AvgIpc) is 2.38. The van der Waals surface area contributed by atoms with Crippen LogP contribution in [-0.4, -0.2) is 32.2 Å². The van der Waals surface area contributed by atoms with Crippen molar-refractivity contribution >= 4 is 26.6 Å². The number of hydrogen-bond donors (Lipinski definition) is 2. The van der Waals surface area contributed by atoms with Gasteiger partial charge < -0.3 is 5.32 Å². The molecule has 0 radical (unpaired) electrons. The minimum Gasteiger partial charge on any atom is -0.316 e. The van der Waals surface area contributed by atoms with Crippen molar-refractivity contribution in [3.8, 4) is 0 Å². The summed E-state index contributed by atoms with van der Waals surface area (Å²) in [6.45, 7) is 3.13. The molecule has 1 aromatic carbocycles. The van der Waals surface area contributed by atoms with E-state index < -0.39 is 10.0 Å². The van der Waals surface area contributed by atoms with E-state index in [0.717, 1.165) is 17.4 Å². The second-order valence-electron chi connectivity index (χ2n) is 4.19. The zero-order valence-electron chi connectivity index (χ0n) is 10.8.